The van der Waals surface area contributed by atoms with Crippen molar-refractivity contribution in [2.45, 2.75) is 6.92 Å². The summed E-state index contributed by atoms with van der Waals surface area (Å²) in [6, 6.07) is 2.58. The van der Waals surface area contributed by atoms with Gasteiger partial charge in [-0.15, -0.1) is 0 Å². The van der Waals surface area contributed by atoms with Crippen molar-refractivity contribution in [2.24, 2.45) is 0 Å². The molecule has 0 radical (unpaired) electrons. The van der Waals surface area contributed by atoms with Crippen LogP contribution in [0.3, 0.4) is 0 Å². The van der Waals surface area contributed by atoms with Crippen molar-refractivity contribution in [2.75, 3.05) is 17.7 Å². The van der Waals surface area contributed by atoms with Gasteiger partial charge in [-0.2, -0.15) is 0 Å². The summed E-state index contributed by atoms with van der Waals surface area (Å²) >= 11 is 9.29. The Labute approximate surface area is 123 Å². The summed E-state index contributed by atoms with van der Waals surface area (Å²) in [5, 5.41) is 6.31. The van der Waals surface area contributed by atoms with Gasteiger partial charge < -0.3 is 10.6 Å². The molecule has 2 N–H and O–H groups in total. The number of hydrogen-bond acceptors (Lipinski definition) is 4. The second kappa shape index (κ2) is 5.71. The molecule has 0 atom stereocenters. The van der Waals surface area contributed by atoms with Crippen molar-refractivity contribution in [3.8, 4) is 0 Å². The van der Waals surface area contributed by atoms with Gasteiger partial charge in [0.2, 0.25) is 0 Å². The van der Waals surface area contributed by atoms with Crippen LogP contribution in [0.4, 0.5) is 21.7 Å². The van der Waals surface area contributed by atoms with Crippen LogP contribution in [0.25, 0.3) is 0 Å². The van der Waals surface area contributed by atoms with E-state index in [1.54, 1.807) is 7.05 Å². The third-order valence-electron chi connectivity index (χ3n) is 2.57. The standard InChI is InChI=1S/C12H11BrClFN4/c1-6-11(16-2)17-5-18-12(6)19-10-8(13)3-7(15)4-9(10)14/h3-5H,1-2H3,(H2,16,17,18,19). The molecule has 4 nitrogen and oxygen atoms in total. The number of halogens is 3. The topological polar surface area (TPSA) is 49.8 Å². The summed E-state index contributed by atoms with van der Waals surface area (Å²) in [6.07, 6.45) is 1.44. The molecule has 2 rings (SSSR count). The summed E-state index contributed by atoms with van der Waals surface area (Å²) in [7, 11) is 1.78. The van der Waals surface area contributed by atoms with Crippen molar-refractivity contribution in [1.82, 2.24) is 9.97 Å². The second-order valence-corrected chi connectivity index (χ2v) is 5.08. The fourth-order valence-electron chi connectivity index (χ4n) is 1.61. The molecule has 1 aromatic carbocycles. The van der Waals surface area contributed by atoms with Crippen molar-refractivity contribution in [3.05, 3.63) is 39.3 Å². The normalized spacial score (nSPS) is 10.4. The number of aromatic nitrogens is 2. The Hall–Kier alpha value is -1.40. The van der Waals surface area contributed by atoms with Gasteiger partial charge in [0, 0.05) is 17.1 Å². The first kappa shape index (κ1) is 14.0. The number of benzene rings is 1. The lowest BCUT2D eigenvalue weighted by Crippen LogP contribution is -2.03. The molecule has 100 valence electrons. The third kappa shape index (κ3) is 2.96. The molecule has 1 heterocycles. The van der Waals surface area contributed by atoms with Crippen LogP contribution in [0.1, 0.15) is 5.56 Å². The van der Waals surface area contributed by atoms with Crippen molar-refractivity contribution in [1.29, 1.82) is 0 Å². The Morgan fingerprint density at radius 1 is 1.26 bits per heavy atom. The Bertz CT molecular complexity index is 598. The van der Waals surface area contributed by atoms with Crippen LogP contribution >= 0.6 is 27.5 Å². The molecule has 0 amide bonds. The molecule has 2 aromatic rings. The highest BCUT2D eigenvalue weighted by molar-refractivity contribution is 9.10. The molecule has 0 aliphatic heterocycles. The molecule has 0 saturated carbocycles. The van der Waals surface area contributed by atoms with E-state index in [0.717, 1.165) is 5.56 Å². The smallest absolute Gasteiger partial charge is 0.138 e. The van der Waals surface area contributed by atoms with E-state index >= 15 is 0 Å². The van der Waals surface area contributed by atoms with E-state index in [0.29, 0.717) is 21.8 Å². The van der Waals surface area contributed by atoms with Gasteiger partial charge in [-0.3, -0.25) is 0 Å². The van der Waals surface area contributed by atoms with Crippen molar-refractivity contribution in [3.63, 3.8) is 0 Å². The van der Waals surface area contributed by atoms with Gasteiger partial charge in [0.15, 0.2) is 0 Å². The first-order valence-electron chi connectivity index (χ1n) is 5.44. The van der Waals surface area contributed by atoms with E-state index in [9.17, 15) is 4.39 Å². The number of rotatable bonds is 3. The number of hydrogen-bond donors (Lipinski definition) is 2. The maximum atomic E-state index is 13.2. The fourth-order valence-corrected chi connectivity index (χ4v) is 2.51. The summed E-state index contributed by atoms with van der Waals surface area (Å²) in [5.74, 6) is 0.915. The second-order valence-electron chi connectivity index (χ2n) is 3.82. The zero-order chi connectivity index (χ0) is 14.0. The van der Waals surface area contributed by atoms with Gasteiger partial charge >= 0.3 is 0 Å². The SMILES string of the molecule is CNc1ncnc(Nc2c(Cl)cc(F)cc2Br)c1C. The summed E-state index contributed by atoms with van der Waals surface area (Å²) in [4.78, 5) is 8.24. The van der Waals surface area contributed by atoms with Gasteiger partial charge in [0.05, 0.1) is 10.7 Å². The predicted octanol–water partition coefficient (Wildman–Crippen LogP) is 4.13. The van der Waals surface area contributed by atoms with Gasteiger partial charge in [-0.25, -0.2) is 14.4 Å². The molecule has 0 unspecified atom stereocenters. The highest BCUT2D eigenvalue weighted by Crippen LogP contribution is 2.34. The van der Waals surface area contributed by atoms with Crippen LogP contribution in [-0.2, 0) is 0 Å². The maximum absolute atomic E-state index is 13.2. The Balaban J connectivity index is 2.42. The zero-order valence-electron chi connectivity index (χ0n) is 10.3. The molecule has 0 bridgehead atoms. The van der Waals surface area contributed by atoms with Crippen LogP contribution < -0.4 is 10.6 Å². The summed E-state index contributed by atoms with van der Waals surface area (Å²) < 4.78 is 13.7. The maximum Gasteiger partial charge on any atom is 0.138 e. The minimum atomic E-state index is -0.405. The van der Waals surface area contributed by atoms with E-state index in [-0.39, 0.29) is 5.02 Å². The van der Waals surface area contributed by atoms with E-state index in [4.69, 9.17) is 11.6 Å². The van der Waals surface area contributed by atoms with Gasteiger partial charge in [-0.05, 0) is 35.0 Å². The largest absolute Gasteiger partial charge is 0.373 e. The fraction of sp³-hybridized carbons (Fsp3) is 0.167. The lowest BCUT2D eigenvalue weighted by Gasteiger charge is -2.13. The molecular formula is C12H11BrClFN4. The van der Waals surface area contributed by atoms with E-state index in [1.165, 1.54) is 18.5 Å². The molecule has 0 saturated heterocycles. The molecule has 0 aliphatic carbocycles. The zero-order valence-corrected chi connectivity index (χ0v) is 12.6. The molecule has 0 spiro atoms. The van der Waals surface area contributed by atoms with Crippen LogP contribution in [0.2, 0.25) is 5.02 Å². The first-order valence-corrected chi connectivity index (χ1v) is 6.61. The van der Waals surface area contributed by atoms with Crippen molar-refractivity contribution < 1.29 is 4.39 Å². The van der Waals surface area contributed by atoms with Gasteiger partial charge in [0.25, 0.3) is 0 Å². The average Bonchev–Trinajstić information content (AvgIpc) is 2.35. The lowest BCUT2D eigenvalue weighted by molar-refractivity contribution is 0.627. The van der Waals surface area contributed by atoms with Crippen LogP contribution in [0.5, 0.6) is 0 Å². The molecule has 7 heteroatoms. The Morgan fingerprint density at radius 3 is 2.58 bits per heavy atom. The highest BCUT2D eigenvalue weighted by Gasteiger charge is 2.12. The third-order valence-corrected chi connectivity index (χ3v) is 3.49. The number of nitrogens with zero attached hydrogens (tertiary/aromatic N) is 2. The molecule has 1 aromatic heterocycles. The van der Waals surface area contributed by atoms with E-state index in [2.05, 4.69) is 36.5 Å². The summed E-state index contributed by atoms with van der Waals surface area (Å²) in [6.45, 7) is 1.87. The van der Waals surface area contributed by atoms with Crippen molar-refractivity contribution >= 4 is 44.9 Å². The number of nitrogens with one attached hydrogen (secondary N) is 2. The summed E-state index contributed by atoms with van der Waals surface area (Å²) in [5.41, 5.74) is 1.41. The quantitative estimate of drug-likeness (QED) is 0.878. The monoisotopic (exact) mass is 344 g/mol. The van der Waals surface area contributed by atoms with Gasteiger partial charge in [-0.1, -0.05) is 11.6 Å². The predicted molar refractivity (Wildman–Crippen MR) is 78.7 cm³/mol. The molecular weight excluding hydrogens is 335 g/mol. The minimum absolute atomic E-state index is 0.274. The van der Waals surface area contributed by atoms with E-state index < -0.39 is 5.82 Å². The van der Waals surface area contributed by atoms with Crippen LogP contribution in [-0.4, -0.2) is 17.0 Å². The van der Waals surface area contributed by atoms with E-state index in [1.807, 2.05) is 6.92 Å². The molecule has 0 fully saturated rings. The average molecular weight is 346 g/mol. The first-order chi connectivity index (χ1) is 9.02. The highest BCUT2D eigenvalue weighted by atomic mass is 79.9. The molecule has 0 aliphatic rings. The Kier molecular flexibility index (Phi) is 4.21. The lowest BCUT2D eigenvalue weighted by atomic mass is 10.2. The minimum Gasteiger partial charge on any atom is -0.373 e. The molecule has 19 heavy (non-hydrogen) atoms. The van der Waals surface area contributed by atoms with Gasteiger partial charge in [0.1, 0.15) is 23.8 Å². The number of anilines is 3. The Morgan fingerprint density at radius 2 is 1.95 bits per heavy atom. The van der Waals surface area contributed by atoms with Crippen LogP contribution in [0, 0.1) is 12.7 Å². The van der Waals surface area contributed by atoms with Crippen LogP contribution in [0.15, 0.2) is 22.9 Å².